The summed E-state index contributed by atoms with van der Waals surface area (Å²) in [6, 6.07) is 0. The van der Waals surface area contributed by atoms with Gasteiger partial charge in [0.1, 0.15) is 6.61 Å². The van der Waals surface area contributed by atoms with Crippen LogP contribution in [0.1, 0.15) is 226 Å². The lowest BCUT2D eigenvalue weighted by Gasteiger charge is -2.18. The Labute approximate surface area is 359 Å². The SMILES string of the molecule is CC/C=C\C/C=C\C/C=C\CCCCCCCCOCC(COC(=O)CCCCCCC/C=C\C/C=C\CCC)OC(=O)CCCCCCC/C=C\CCCCCC. The lowest BCUT2D eigenvalue weighted by molar-refractivity contribution is -0.163. The molecule has 0 aromatic rings. The molecule has 334 valence electrons. The van der Waals surface area contributed by atoms with Gasteiger partial charge >= 0.3 is 11.9 Å². The highest BCUT2D eigenvalue weighted by molar-refractivity contribution is 5.70. The molecule has 58 heavy (non-hydrogen) atoms. The van der Waals surface area contributed by atoms with E-state index in [0.29, 0.717) is 19.4 Å². The monoisotopic (exact) mass is 809 g/mol. The summed E-state index contributed by atoms with van der Waals surface area (Å²) >= 11 is 0. The summed E-state index contributed by atoms with van der Waals surface area (Å²) in [5.74, 6) is -0.432. The van der Waals surface area contributed by atoms with E-state index in [1.165, 1.54) is 96.3 Å². The molecule has 5 heteroatoms. The summed E-state index contributed by atoms with van der Waals surface area (Å²) in [6.07, 6.45) is 61.9. The van der Waals surface area contributed by atoms with Crippen LogP contribution in [0.4, 0.5) is 0 Å². The van der Waals surface area contributed by atoms with Crippen LogP contribution in [0.3, 0.4) is 0 Å². The molecule has 0 heterocycles. The van der Waals surface area contributed by atoms with Gasteiger partial charge in [-0.1, -0.05) is 184 Å². The Morgan fingerprint density at radius 3 is 1.33 bits per heavy atom. The molecule has 0 fully saturated rings. The van der Waals surface area contributed by atoms with E-state index in [2.05, 4.69) is 93.7 Å². The predicted molar refractivity (Wildman–Crippen MR) is 251 cm³/mol. The van der Waals surface area contributed by atoms with Gasteiger partial charge in [-0.3, -0.25) is 9.59 Å². The number of hydrogen-bond acceptors (Lipinski definition) is 5. The van der Waals surface area contributed by atoms with Crippen LogP contribution >= 0.6 is 0 Å². The van der Waals surface area contributed by atoms with Crippen LogP contribution in [-0.2, 0) is 23.8 Å². The normalized spacial score (nSPS) is 12.8. The minimum atomic E-state index is -0.554. The molecule has 0 aliphatic heterocycles. The first-order chi connectivity index (χ1) is 28.6. The van der Waals surface area contributed by atoms with Crippen LogP contribution in [-0.4, -0.2) is 37.9 Å². The topological polar surface area (TPSA) is 61.8 Å². The molecule has 0 amide bonds. The Hall–Kier alpha value is -2.66. The molecule has 0 saturated heterocycles. The van der Waals surface area contributed by atoms with Crippen molar-refractivity contribution in [1.82, 2.24) is 0 Å². The summed E-state index contributed by atoms with van der Waals surface area (Å²) in [7, 11) is 0. The summed E-state index contributed by atoms with van der Waals surface area (Å²) in [6.45, 7) is 7.59. The summed E-state index contributed by atoms with van der Waals surface area (Å²) in [5, 5.41) is 0. The van der Waals surface area contributed by atoms with Gasteiger partial charge in [0.25, 0.3) is 0 Å². The number of unbranched alkanes of at least 4 members (excludes halogenated alkanes) is 21. The van der Waals surface area contributed by atoms with E-state index in [1.54, 1.807) is 0 Å². The van der Waals surface area contributed by atoms with E-state index in [0.717, 1.165) is 96.3 Å². The molecule has 5 nitrogen and oxygen atoms in total. The number of esters is 2. The Morgan fingerprint density at radius 1 is 0.397 bits per heavy atom. The molecule has 1 unspecified atom stereocenters. The zero-order valence-electron chi connectivity index (χ0n) is 38.3. The van der Waals surface area contributed by atoms with Gasteiger partial charge in [-0.25, -0.2) is 0 Å². The van der Waals surface area contributed by atoms with E-state index in [-0.39, 0.29) is 25.2 Å². The fraction of sp³-hybridized carbons (Fsp3) is 0.736. The van der Waals surface area contributed by atoms with Crippen LogP contribution in [0.2, 0.25) is 0 Å². The maximum atomic E-state index is 12.8. The predicted octanol–water partition coefficient (Wildman–Crippen LogP) is 16.3. The molecule has 0 spiro atoms. The van der Waals surface area contributed by atoms with Crippen LogP contribution in [0.5, 0.6) is 0 Å². The van der Waals surface area contributed by atoms with Crippen molar-refractivity contribution >= 4 is 11.9 Å². The number of ether oxygens (including phenoxy) is 3. The van der Waals surface area contributed by atoms with Gasteiger partial charge in [0.05, 0.1) is 6.61 Å². The third-order valence-corrected chi connectivity index (χ3v) is 10.2. The zero-order chi connectivity index (χ0) is 42.1. The molecule has 0 aromatic heterocycles. The van der Waals surface area contributed by atoms with Crippen molar-refractivity contribution in [3.63, 3.8) is 0 Å². The lowest BCUT2D eigenvalue weighted by atomic mass is 10.1. The third-order valence-electron chi connectivity index (χ3n) is 10.2. The van der Waals surface area contributed by atoms with E-state index in [4.69, 9.17) is 14.2 Å². The summed E-state index contributed by atoms with van der Waals surface area (Å²) < 4.78 is 17.3. The Bertz CT molecular complexity index is 1050. The van der Waals surface area contributed by atoms with Crippen molar-refractivity contribution in [2.24, 2.45) is 0 Å². The molecule has 0 bridgehead atoms. The summed E-state index contributed by atoms with van der Waals surface area (Å²) in [4.78, 5) is 25.3. The molecule has 0 saturated carbocycles. The van der Waals surface area contributed by atoms with Gasteiger partial charge < -0.3 is 14.2 Å². The maximum absolute atomic E-state index is 12.8. The Balaban J connectivity index is 4.32. The maximum Gasteiger partial charge on any atom is 0.306 e. The summed E-state index contributed by atoms with van der Waals surface area (Å²) in [5.41, 5.74) is 0. The van der Waals surface area contributed by atoms with E-state index < -0.39 is 6.10 Å². The first-order valence-corrected chi connectivity index (χ1v) is 24.5. The quantitative estimate of drug-likeness (QED) is 0.0348. The highest BCUT2D eigenvalue weighted by Crippen LogP contribution is 2.13. The number of hydrogen-bond donors (Lipinski definition) is 0. The fourth-order valence-electron chi connectivity index (χ4n) is 6.56. The molecule has 0 aliphatic rings. The van der Waals surface area contributed by atoms with Crippen LogP contribution in [0.25, 0.3) is 0 Å². The molecule has 0 N–H and O–H groups in total. The average molecular weight is 809 g/mol. The number of rotatable bonds is 44. The zero-order valence-corrected chi connectivity index (χ0v) is 38.3. The molecular weight excluding hydrogens is 717 g/mol. The first kappa shape index (κ1) is 55.3. The van der Waals surface area contributed by atoms with Gasteiger partial charge in [-0.15, -0.1) is 0 Å². The van der Waals surface area contributed by atoms with E-state index in [1.807, 2.05) is 0 Å². The van der Waals surface area contributed by atoms with Gasteiger partial charge in [-0.05, 0) is 103 Å². The Kier molecular flexibility index (Phi) is 46.5. The third kappa shape index (κ3) is 46.0. The Morgan fingerprint density at radius 2 is 0.810 bits per heavy atom. The number of carbonyl (C=O) groups is 2. The second kappa shape index (κ2) is 48.7. The van der Waals surface area contributed by atoms with Gasteiger partial charge in [0.15, 0.2) is 6.10 Å². The molecule has 0 aliphatic carbocycles. The second-order valence-electron chi connectivity index (χ2n) is 16.0. The van der Waals surface area contributed by atoms with Crippen LogP contribution in [0, 0.1) is 0 Å². The molecule has 0 radical (unpaired) electrons. The molecule has 0 rings (SSSR count). The fourth-order valence-corrected chi connectivity index (χ4v) is 6.56. The highest BCUT2D eigenvalue weighted by atomic mass is 16.6. The van der Waals surface area contributed by atoms with Crippen LogP contribution < -0.4 is 0 Å². The smallest absolute Gasteiger partial charge is 0.306 e. The van der Waals surface area contributed by atoms with Crippen LogP contribution in [0.15, 0.2) is 72.9 Å². The van der Waals surface area contributed by atoms with Crippen molar-refractivity contribution < 1.29 is 23.8 Å². The van der Waals surface area contributed by atoms with Crippen molar-refractivity contribution in [3.8, 4) is 0 Å². The average Bonchev–Trinajstić information content (AvgIpc) is 3.22. The van der Waals surface area contributed by atoms with Crippen molar-refractivity contribution in [1.29, 1.82) is 0 Å². The van der Waals surface area contributed by atoms with Gasteiger partial charge in [0, 0.05) is 19.4 Å². The lowest BCUT2D eigenvalue weighted by Crippen LogP contribution is -2.30. The highest BCUT2D eigenvalue weighted by Gasteiger charge is 2.17. The minimum Gasteiger partial charge on any atom is -0.462 e. The van der Waals surface area contributed by atoms with Crippen molar-refractivity contribution in [2.45, 2.75) is 232 Å². The van der Waals surface area contributed by atoms with Crippen molar-refractivity contribution in [2.75, 3.05) is 19.8 Å². The number of carbonyl (C=O) groups excluding carboxylic acids is 2. The molecular formula is C53H92O5. The van der Waals surface area contributed by atoms with Crippen molar-refractivity contribution in [3.05, 3.63) is 72.9 Å². The van der Waals surface area contributed by atoms with Gasteiger partial charge in [0.2, 0.25) is 0 Å². The van der Waals surface area contributed by atoms with Gasteiger partial charge in [-0.2, -0.15) is 0 Å². The standard InChI is InChI=1S/C53H92O5/c1-4-7-10-13-16-19-22-25-26-27-30-33-36-39-42-45-48-56-49-51(58-53(55)47-44-41-38-35-32-29-24-21-18-15-12-9-6-3)50-57-52(54)46-43-40-37-34-31-28-23-20-17-14-11-8-5-2/h7,10-11,14,16,19-21,23-26,51H,4-6,8-9,12-13,15,17-18,22,27-50H2,1-3H3/b10-7-,14-11-,19-16-,23-20-,24-21-,26-25-. The minimum absolute atomic E-state index is 0.0672. The van der Waals surface area contributed by atoms with E-state index >= 15 is 0 Å². The largest absolute Gasteiger partial charge is 0.462 e. The number of allylic oxidation sites excluding steroid dienone is 12. The first-order valence-electron chi connectivity index (χ1n) is 24.5. The second-order valence-corrected chi connectivity index (χ2v) is 16.0. The molecule has 0 aromatic carbocycles. The van der Waals surface area contributed by atoms with E-state index in [9.17, 15) is 9.59 Å². The molecule has 1 atom stereocenters.